The Labute approximate surface area is 210 Å². The molecule has 180 valence electrons. The second-order valence-electron chi connectivity index (χ2n) is 7.35. The highest BCUT2D eigenvalue weighted by molar-refractivity contribution is 8.26. The predicted molar refractivity (Wildman–Crippen MR) is 141 cm³/mol. The molecule has 0 aliphatic carbocycles. The van der Waals surface area contributed by atoms with Crippen molar-refractivity contribution < 1.29 is 23.7 Å². The highest BCUT2D eigenvalue weighted by Gasteiger charge is 2.31. The summed E-state index contributed by atoms with van der Waals surface area (Å²) in [6.45, 7) is 10.3. The summed E-state index contributed by atoms with van der Waals surface area (Å²) in [5.74, 6) is 1.96. The number of hydrogen-bond acceptors (Lipinski definition) is 7. The van der Waals surface area contributed by atoms with Crippen molar-refractivity contribution in [1.82, 2.24) is 4.90 Å². The van der Waals surface area contributed by atoms with Crippen molar-refractivity contribution in [3.63, 3.8) is 0 Å². The molecular formula is C26H29NO5S2. The maximum absolute atomic E-state index is 12.6. The Morgan fingerprint density at radius 3 is 2.56 bits per heavy atom. The third-order valence-electron chi connectivity index (χ3n) is 4.72. The first kappa shape index (κ1) is 25.8. The standard InChI is InChI=1S/C26H29NO5S2/c1-4-11-27-25(28)24(34-26(27)33)18-20-9-10-22(23(17-20)30-5-2)32-15-13-29-12-14-31-21-8-6-7-19(3)16-21/h4,6-10,16-18H,1,5,11-15H2,2-3H3. The molecule has 1 amide bonds. The molecule has 0 radical (unpaired) electrons. The summed E-state index contributed by atoms with van der Waals surface area (Å²) in [5, 5.41) is 0. The van der Waals surface area contributed by atoms with Crippen LogP contribution in [0.3, 0.4) is 0 Å². The smallest absolute Gasteiger partial charge is 0.266 e. The second kappa shape index (κ2) is 13.2. The molecule has 2 aromatic rings. The zero-order chi connectivity index (χ0) is 24.3. The molecule has 6 nitrogen and oxygen atoms in total. The van der Waals surface area contributed by atoms with Gasteiger partial charge >= 0.3 is 0 Å². The fraction of sp³-hybridized carbons (Fsp3) is 0.308. The van der Waals surface area contributed by atoms with Crippen LogP contribution in [0.5, 0.6) is 17.2 Å². The van der Waals surface area contributed by atoms with E-state index in [4.69, 9.17) is 31.2 Å². The number of ether oxygens (including phenoxy) is 4. The third kappa shape index (κ3) is 7.35. The first-order valence-electron chi connectivity index (χ1n) is 11.0. The van der Waals surface area contributed by atoms with Crippen LogP contribution in [0.2, 0.25) is 0 Å². The lowest BCUT2D eigenvalue weighted by molar-refractivity contribution is -0.121. The number of rotatable bonds is 13. The number of thioether (sulfide) groups is 1. The summed E-state index contributed by atoms with van der Waals surface area (Å²) in [6, 6.07) is 13.5. The molecular weight excluding hydrogens is 470 g/mol. The van der Waals surface area contributed by atoms with E-state index in [0.29, 0.717) is 60.3 Å². The van der Waals surface area contributed by atoms with E-state index in [1.807, 2.05) is 62.4 Å². The number of thiocarbonyl (C=S) groups is 1. The molecule has 3 rings (SSSR count). The van der Waals surface area contributed by atoms with Gasteiger partial charge in [-0.25, -0.2) is 0 Å². The van der Waals surface area contributed by atoms with Crippen LogP contribution >= 0.6 is 24.0 Å². The minimum Gasteiger partial charge on any atom is -0.491 e. The van der Waals surface area contributed by atoms with Gasteiger partial charge in [0.05, 0.1) is 24.7 Å². The molecule has 1 aliphatic heterocycles. The van der Waals surface area contributed by atoms with Crippen LogP contribution in [0.25, 0.3) is 6.08 Å². The first-order valence-corrected chi connectivity index (χ1v) is 12.3. The number of amides is 1. The molecule has 0 N–H and O–H groups in total. The lowest BCUT2D eigenvalue weighted by atomic mass is 10.2. The molecule has 34 heavy (non-hydrogen) atoms. The quantitative estimate of drug-likeness (QED) is 0.161. The highest BCUT2D eigenvalue weighted by Crippen LogP contribution is 2.34. The zero-order valence-corrected chi connectivity index (χ0v) is 21.1. The van der Waals surface area contributed by atoms with Gasteiger partial charge < -0.3 is 18.9 Å². The van der Waals surface area contributed by atoms with Gasteiger partial charge in [0.2, 0.25) is 0 Å². The molecule has 8 heteroatoms. The van der Waals surface area contributed by atoms with E-state index < -0.39 is 0 Å². The van der Waals surface area contributed by atoms with Gasteiger partial charge in [0.25, 0.3) is 5.91 Å². The van der Waals surface area contributed by atoms with E-state index in [-0.39, 0.29) is 5.91 Å². The maximum atomic E-state index is 12.6. The average molecular weight is 500 g/mol. The minimum atomic E-state index is -0.114. The normalized spacial score (nSPS) is 14.5. The van der Waals surface area contributed by atoms with Crippen molar-refractivity contribution in [1.29, 1.82) is 0 Å². The van der Waals surface area contributed by atoms with Crippen molar-refractivity contribution in [3.05, 3.63) is 71.2 Å². The van der Waals surface area contributed by atoms with Gasteiger partial charge in [-0.1, -0.05) is 48.3 Å². The van der Waals surface area contributed by atoms with Gasteiger partial charge in [-0.2, -0.15) is 0 Å². The van der Waals surface area contributed by atoms with Crippen LogP contribution in [-0.4, -0.2) is 54.7 Å². The Bertz CT molecular complexity index is 1050. The van der Waals surface area contributed by atoms with E-state index in [2.05, 4.69) is 6.58 Å². The van der Waals surface area contributed by atoms with E-state index in [9.17, 15) is 4.79 Å². The number of aryl methyl sites for hydroxylation is 1. The van der Waals surface area contributed by atoms with Gasteiger partial charge in [0.15, 0.2) is 11.5 Å². The van der Waals surface area contributed by atoms with Crippen molar-refractivity contribution in [3.8, 4) is 17.2 Å². The molecule has 2 aromatic carbocycles. The molecule has 0 aromatic heterocycles. The average Bonchev–Trinajstić information content (AvgIpc) is 3.07. The van der Waals surface area contributed by atoms with Crippen molar-refractivity contribution >= 4 is 40.3 Å². The molecule has 0 bridgehead atoms. The van der Waals surface area contributed by atoms with Gasteiger partial charge in [0, 0.05) is 6.54 Å². The molecule has 1 aliphatic rings. The number of benzene rings is 2. The summed E-state index contributed by atoms with van der Waals surface area (Å²) < 4.78 is 23.4. The number of nitrogens with zero attached hydrogens (tertiary/aromatic N) is 1. The molecule has 0 spiro atoms. The van der Waals surface area contributed by atoms with Crippen LogP contribution in [0.4, 0.5) is 0 Å². The Balaban J connectivity index is 1.50. The summed E-state index contributed by atoms with van der Waals surface area (Å²) in [7, 11) is 0. The molecule has 1 fully saturated rings. The van der Waals surface area contributed by atoms with Crippen molar-refractivity contribution in [2.24, 2.45) is 0 Å². The van der Waals surface area contributed by atoms with Gasteiger partial charge in [-0.15, -0.1) is 6.58 Å². The summed E-state index contributed by atoms with van der Waals surface area (Å²) >= 11 is 6.58. The van der Waals surface area contributed by atoms with E-state index in [1.165, 1.54) is 16.7 Å². The summed E-state index contributed by atoms with van der Waals surface area (Å²) in [5.41, 5.74) is 1.99. The first-order chi connectivity index (χ1) is 16.5. The summed E-state index contributed by atoms with van der Waals surface area (Å²) in [6.07, 6.45) is 3.47. The maximum Gasteiger partial charge on any atom is 0.266 e. The van der Waals surface area contributed by atoms with Crippen molar-refractivity contribution in [2.75, 3.05) is 39.6 Å². The Kier molecular flexibility index (Phi) is 10.00. The predicted octanol–water partition coefficient (Wildman–Crippen LogP) is 5.26. The van der Waals surface area contributed by atoms with Crippen LogP contribution in [0.1, 0.15) is 18.1 Å². The monoisotopic (exact) mass is 499 g/mol. The van der Waals surface area contributed by atoms with Crippen LogP contribution in [-0.2, 0) is 9.53 Å². The minimum absolute atomic E-state index is 0.114. The topological polar surface area (TPSA) is 57.2 Å². The van der Waals surface area contributed by atoms with Crippen LogP contribution in [0, 0.1) is 6.92 Å². The summed E-state index contributed by atoms with van der Waals surface area (Å²) in [4.78, 5) is 14.7. The fourth-order valence-electron chi connectivity index (χ4n) is 3.18. The lowest BCUT2D eigenvalue weighted by Gasteiger charge is -2.13. The van der Waals surface area contributed by atoms with Crippen LogP contribution < -0.4 is 14.2 Å². The van der Waals surface area contributed by atoms with E-state index in [0.717, 1.165) is 16.9 Å². The molecule has 0 atom stereocenters. The molecule has 1 saturated heterocycles. The third-order valence-corrected chi connectivity index (χ3v) is 6.10. The highest BCUT2D eigenvalue weighted by atomic mass is 32.2. The Morgan fingerprint density at radius 1 is 1.03 bits per heavy atom. The van der Waals surface area contributed by atoms with Gasteiger partial charge in [-0.3, -0.25) is 9.69 Å². The largest absolute Gasteiger partial charge is 0.491 e. The van der Waals surface area contributed by atoms with E-state index in [1.54, 1.807) is 6.08 Å². The molecule has 0 unspecified atom stereocenters. The zero-order valence-electron chi connectivity index (χ0n) is 19.5. The number of carbonyl (C=O) groups is 1. The van der Waals surface area contributed by atoms with Gasteiger partial charge in [0.1, 0.15) is 23.3 Å². The Hall–Kier alpha value is -2.81. The van der Waals surface area contributed by atoms with Crippen LogP contribution in [0.15, 0.2) is 60.0 Å². The SMILES string of the molecule is C=CCN1C(=O)C(=Cc2ccc(OCCOCCOc3cccc(C)c3)c(OCC)c2)SC1=S. The van der Waals surface area contributed by atoms with Crippen molar-refractivity contribution in [2.45, 2.75) is 13.8 Å². The van der Waals surface area contributed by atoms with E-state index >= 15 is 0 Å². The van der Waals surface area contributed by atoms with Gasteiger partial charge in [-0.05, 0) is 55.3 Å². The molecule has 1 heterocycles. The fourth-order valence-corrected chi connectivity index (χ4v) is 4.45. The second-order valence-corrected chi connectivity index (χ2v) is 9.02. The number of hydrogen-bond donors (Lipinski definition) is 0. The lowest BCUT2D eigenvalue weighted by Crippen LogP contribution is -2.27. The Morgan fingerprint density at radius 2 is 1.82 bits per heavy atom. The number of carbonyl (C=O) groups excluding carboxylic acids is 1. The molecule has 0 saturated carbocycles.